The lowest BCUT2D eigenvalue weighted by molar-refractivity contribution is -0.131. The SMILES string of the molecule is N#CC(C#N)=NNc1ccc(C=CC(=O)O)cc1. The first kappa shape index (κ1) is 12.9. The Kier molecular flexibility index (Phi) is 4.65. The van der Waals surface area contributed by atoms with Crippen LogP contribution in [0.25, 0.3) is 6.08 Å². The van der Waals surface area contributed by atoms with Gasteiger partial charge in [-0.15, -0.1) is 0 Å². The number of anilines is 1. The minimum Gasteiger partial charge on any atom is -0.478 e. The number of carbonyl (C=O) groups is 1. The number of hydrazone groups is 1. The zero-order valence-corrected chi connectivity index (χ0v) is 9.16. The van der Waals surface area contributed by atoms with Crippen LogP contribution in [-0.4, -0.2) is 16.8 Å². The molecule has 0 unspecified atom stereocenters. The summed E-state index contributed by atoms with van der Waals surface area (Å²) in [7, 11) is 0. The lowest BCUT2D eigenvalue weighted by Gasteiger charge is -1.99. The lowest BCUT2D eigenvalue weighted by Crippen LogP contribution is -1.96. The zero-order chi connectivity index (χ0) is 13.4. The Labute approximate surface area is 103 Å². The van der Waals surface area contributed by atoms with Crippen LogP contribution in [0.1, 0.15) is 5.56 Å². The topological polar surface area (TPSA) is 109 Å². The van der Waals surface area contributed by atoms with Gasteiger partial charge in [0, 0.05) is 6.08 Å². The van der Waals surface area contributed by atoms with Gasteiger partial charge in [-0.2, -0.15) is 15.6 Å². The summed E-state index contributed by atoms with van der Waals surface area (Å²) in [6.45, 7) is 0. The molecule has 0 fully saturated rings. The third-order valence-electron chi connectivity index (χ3n) is 1.84. The highest BCUT2D eigenvalue weighted by atomic mass is 16.4. The van der Waals surface area contributed by atoms with Crippen molar-refractivity contribution in [3.8, 4) is 12.1 Å². The zero-order valence-electron chi connectivity index (χ0n) is 9.16. The first-order valence-corrected chi connectivity index (χ1v) is 4.80. The first-order chi connectivity index (χ1) is 8.65. The van der Waals surface area contributed by atoms with Crippen molar-refractivity contribution in [2.24, 2.45) is 5.10 Å². The Morgan fingerprint density at radius 1 is 1.28 bits per heavy atom. The molecule has 0 amide bonds. The van der Waals surface area contributed by atoms with E-state index in [0.29, 0.717) is 11.3 Å². The molecule has 2 N–H and O–H groups in total. The molecule has 0 bridgehead atoms. The van der Waals surface area contributed by atoms with Gasteiger partial charge in [0.25, 0.3) is 0 Å². The van der Waals surface area contributed by atoms with Crippen molar-refractivity contribution in [3.05, 3.63) is 35.9 Å². The molecule has 0 aromatic heterocycles. The maximum Gasteiger partial charge on any atom is 0.328 e. The quantitative estimate of drug-likeness (QED) is 0.472. The predicted molar refractivity (Wildman–Crippen MR) is 65.4 cm³/mol. The fraction of sp³-hybridized carbons (Fsp3) is 0. The summed E-state index contributed by atoms with van der Waals surface area (Å²) in [5.41, 5.74) is 3.57. The van der Waals surface area contributed by atoms with Gasteiger partial charge >= 0.3 is 5.97 Å². The Morgan fingerprint density at radius 2 is 1.89 bits per heavy atom. The molecule has 0 spiro atoms. The van der Waals surface area contributed by atoms with E-state index in [2.05, 4.69) is 10.5 Å². The second-order valence-corrected chi connectivity index (χ2v) is 3.09. The van der Waals surface area contributed by atoms with Crippen LogP contribution in [-0.2, 0) is 4.79 Å². The summed E-state index contributed by atoms with van der Waals surface area (Å²) in [4.78, 5) is 10.3. The fourth-order valence-electron chi connectivity index (χ4n) is 1.03. The second-order valence-electron chi connectivity index (χ2n) is 3.09. The molecule has 0 aliphatic carbocycles. The number of nitrogens with zero attached hydrogens (tertiary/aromatic N) is 3. The summed E-state index contributed by atoms with van der Waals surface area (Å²) in [6, 6.07) is 9.89. The van der Waals surface area contributed by atoms with Crippen molar-refractivity contribution in [1.82, 2.24) is 0 Å². The number of carboxylic acid groups (broad SMARTS) is 1. The molecule has 1 aromatic rings. The third kappa shape index (κ3) is 4.17. The van der Waals surface area contributed by atoms with Gasteiger partial charge in [-0.1, -0.05) is 12.1 Å². The van der Waals surface area contributed by atoms with E-state index in [1.165, 1.54) is 6.08 Å². The number of nitrogens with one attached hydrogen (secondary N) is 1. The van der Waals surface area contributed by atoms with E-state index in [9.17, 15) is 4.79 Å². The van der Waals surface area contributed by atoms with Gasteiger partial charge in [0.05, 0.1) is 5.69 Å². The van der Waals surface area contributed by atoms with Crippen molar-refractivity contribution in [2.75, 3.05) is 5.43 Å². The van der Waals surface area contributed by atoms with Crippen LogP contribution in [0, 0.1) is 22.7 Å². The van der Waals surface area contributed by atoms with Gasteiger partial charge in [0.1, 0.15) is 12.1 Å². The number of carboxylic acids is 1. The molecule has 88 valence electrons. The summed E-state index contributed by atoms with van der Waals surface area (Å²) in [6.07, 6.45) is 2.48. The van der Waals surface area contributed by atoms with E-state index in [-0.39, 0.29) is 5.71 Å². The van der Waals surface area contributed by atoms with Crippen molar-refractivity contribution in [1.29, 1.82) is 10.5 Å². The monoisotopic (exact) mass is 240 g/mol. The molecule has 1 rings (SSSR count). The maximum atomic E-state index is 10.3. The molecule has 18 heavy (non-hydrogen) atoms. The Balaban J connectivity index is 2.73. The fourth-order valence-corrected chi connectivity index (χ4v) is 1.03. The van der Waals surface area contributed by atoms with Crippen LogP contribution in [0.3, 0.4) is 0 Å². The molecule has 0 saturated carbocycles. The van der Waals surface area contributed by atoms with E-state index in [1.807, 2.05) is 0 Å². The summed E-state index contributed by atoms with van der Waals surface area (Å²) >= 11 is 0. The van der Waals surface area contributed by atoms with Crippen LogP contribution in [0.15, 0.2) is 35.4 Å². The van der Waals surface area contributed by atoms with E-state index in [4.69, 9.17) is 15.6 Å². The number of nitriles is 2. The first-order valence-electron chi connectivity index (χ1n) is 4.80. The molecule has 0 atom stereocenters. The van der Waals surface area contributed by atoms with Crippen molar-refractivity contribution in [2.45, 2.75) is 0 Å². The van der Waals surface area contributed by atoms with Crippen LogP contribution in [0.4, 0.5) is 5.69 Å². The standard InChI is InChI=1S/C12H8N4O2/c13-7-11(8-14)16-15-10-4-1-9(2-5-10)3-6-12(17)18/h1-6,15H,(H,17,18). The molecule has 0 aliphatic heterocycles. The molecule has 6 heteroatoms. The van der Waals surface area contributed by atoms with E-state index >= 15 is 0 Å². The number of rotatable bonds is 4. The molecular weight excluding hydrogens is 232 g/mol. The summed E-state index contributed by atoms with van der Waals surface area (Å²) < 4.78 is 0. The molecular formula is C12H8N4O2. The van der Waals surface area contributed by atoms with E-state index in [1.54, 1.807) is 36.4 Å². The van der Waals surface area contributed by atoms with Crippen LogP contribution >= 0.6 is 0 Å². The normalized spacial score (nSPS) is 9.22. The average Bonchev–Trinajstić information content (AvgIpc) is 2.39. The lowest BCUT2D eigenvalue weighted by atomic mass is 10.2. The maximum absolute atomic E-state index is 10.3. The third-order valence-corrected chi connectivity index (χ3v) is 1.84. The summed E-state index contributed by atoms with van der Waals surface area (Å²) in [5, 5.41) is 28.9. The molecule has 6 nitrogen and oxygen atoms in total. The Hall–Kier alpha value is -3.12. The highest BCUT2D eigenvalue weighted by Crippen LogP contribution is 2.10. The smallest absolute Gasteiger partial charge is 0.328 e. The van der Waals surface area contributed by atoms with E-state index < -0.39 is 5.97 Å². The van der Waals surface area contributed by atoms with Crippen molar-refractivity contribution < 1.29 is 9.90 Å². The minimum atomic E-state index is -1.02. The molecule has 0 radical (unpaired) electrons. The van der Waals surface area contributed by atoms with Gasteiger partial charge in [-0.05, 0) is 23.8 Å². The Bertz CT molecular complexity index is 558. The van der Waals surface area contributed by atoms with Gasteiger partial charge in [0.2, 0.25) is 5.71 Å². The number of aliphatic carboxylic acids is 1. The van der Waals surface area contributed by atoms with Gasteiger partial charge in [0.15, 0.2) is 0 Å². The van der Waals surface area contributed by atoms with Gasteiger partial charge in [-0.25, -0.2) is 4.79 Å². The highest BCUT2D eigenvalue weighted by molar-refractivity contribution is 6.10. The minimum absolute atomic E-state index is 0.273. The predicted octanol–water partition coefficient (Wildman–Crippen LogP) is 1.60. The molecule has 0 saturated heterocycles. The van der Waals surface area contributed by atoms with Gasteiger partial charge in [-0.3, -0.25) is 5.43 Å². The molecule has 0 heterocycles. The largest absolute Gasteiger partial charge is 0.478 e. The average molecular weight is 240 g/mol. The van der Waals surface area contributed by atoms with E-state index in [0.717, 1.165) is 6.08 Å². The number of benzene rings is 1. The number of hydrogen-bond donors (Lipinski definition) is 2. The Morgan fingerprint density at radius 3 is 2.39 bits per heavy atom. The second kappa shape index (κ2) is 6.46. The number of hydrogen-bond acceptors (Lipinski definition) is 5. The van der Waals surface area contributed by atoms with Gasteiger partial charge < -0.3 is 5.11 Å². The van der Waals surface area contributed by atoms with Crippen molar-refractivity contribution in [3.63, 3.8) is 0 Å². The summed E-state index contributed by atoms with van der Waals surface area (Å²) in [5.74, 6) is -1.02. The van der Waals surface area contributed by atoms with Crippen LogP contribution in [0.5, 0.6) is 0 Å². The van der Waals surface area contributed by atoms with Crippen molar-refractivity contribution >= 4 is 23.4 Å². The molecule has 0 aliphatic rings. The highest BCUT2D eigenvalue weighted by Gasteiger charge is 1.94. The molecule has 1 aromatic carbocycles. The van der Waals surface area contributed by atoms with Crippen LogP contribution in [0.2, 0.25) is 0 Å². The van der Waals surface area contributed by atoms with Crippen LogP contribution < -0.4 is 5.43 Å².